The summed E-state index contributed by atoms with van der Waals surface area (Å²) in [6.07, 6.45) is 3.18. The first-order valence-electron chi connectivity index (χ1n) is 11.7. The van der Waals surface area contributed by atoms with E-state index in [0.717, 1.165) is 33.6 Å². The first-order chi connectivity index (χ1) is 18.1. The maximum atomic E-state index is 13.2. The van der Waals surface area contributed by atoms with E-state index in [1.165, 1.54) is 0 Å². The lowest BCUT2D eigenvalue weighted by atomic mass is 10.0. The zero-order valence-electron chi connectivity index (χ0n) is 20.8. The number of methoxy groups -OCH3 is 2. The first kappa shape index (κ1) is 23.9. The average molecular weight is 495 g/mol. The van der Waals surface area contributed by atoms with Gasteiger partial charge in [0.05, 0.1) is 26.7 Å². The zero-order chi connectivity index (χ0) is 25.8. The maximum Gasteiger partial charge on any atom is 0.270 e. The lowest BCUT2D eigenvalue weighted by molar-refractivity contribution is 0.0944. The van der Waals surface area contributed by atoms with Crippen molar-refractivity contribution in [1.29, 1.82) is 0 Å². The molecule has 0 aliphatic heterocycles. The van der Waals surface area contributed by atoms with E-state index in [-0.39, 0.29) is 12.5 Å². The SMILES string of the molecule is COc1ccc(-c2cccc(-n3cncc3C(=O)NCc3c(-c4ccccc4)noc3C)c2)cc1OC. The van der Waals surface area contributed by atoms with Crippen molar-refractivity contribution in [3.05, 3.63) is 102 Å². The Morgan fingerprint density at radius 2 is 1.68 bits per heavy atom. The normalized spacial score (nSPS) is 10.8. The largest absolute Gasteiger partial charge is 0.493 e. The molecule has 0 saturated carbocycles. The number of amides is 1. The molecule has 0 aliphatic carbocycles. The highest BCUT2D eigenvalue weighted by atomic mass is 16.5. The van der Waals surface area contributed by atoms with E-state index in [0.29, 0.717) is 23.0 Å². The van der Waals surface area contributed by atoms with Gasteiger partial charge in [0.25, 0.3) is 5.91 Å². The molecule has 0 atom stereocenters. The summed E-state index contributed by atoms with van der Waals surface area (Å²) < 4.78 is 18.0. The Bertz CT molecular complexity index is 1540. The predicted molar refractivity (Wildman–Crippen MR) is 140 cm³/mol. The van der Waals surface area contributed by atoms with Crippen molar-refractivity contribution >= 4 is 5.91 Å². The number of imidazole rings is 1. The fourth-order valence-electron chi connectivity index (χ4n) is 4.20. The minimum Gasteiger partial charge on any atom is -0.493 e. The minimum absolute atomic E-state index is 0.256. The fraction of sp³-hybridized carbons (Fsp3) is 0.138. The van der Waals surface area contributed by atoms with E-state index in [1.54, 1.807) is 31.3 Å². The van der Waals surface area contributed by atoms with E-state index < -0.39 is 0 Å². The van der Waals surface area contributed by atoms with Crippen LogP contribution >= 0.6 is 0 Å². The number of benzene rings is 3. The number of hydrogen-bond donors (Lipinski definition) is 1. The smallest absolute Gasteiger partial charge is 0.270 e. The molecule has 8 nitrogen and oxygen atoms in total. The van der Waals surface area contributed by atoms with Gasteiger partial charge in [-0.3, -0.25) is 9.36 Å². The highest BCUT2D eigenvalue weighted by Gasteiger charge is 2.18. The van der Waals surface area contributed by atoms with Crippen molar-refractivity contribution in [2.24, 2.45) is 0 Å². The molecule has 5 rings (SSSR count). The molecule has 0 saturated heterocycles. The van der Waals surface area contributed by atoms with E-state index in [1.807, 2.05) is 79.7 Å². The Kier molecular flexibility index (Phi) is 6.72. The number of carbonyl (C=O) groups is 1. The highest BCUT2D eigenvalue weighted by molar-refractivity contribution is 5.93. The summed E-state index contributed by atoms with van der Waals surface area (Å²) in [6.45, 7) is 2.11. The van der Waals surface area contributed by atoms with Gasteiger partial charge in [0.15, 0.2) is 11.5 Å². The van der Waals surface area contributed by atoms with Gasteiger partial charge >= 0.3 is 0 Å². The van der Waals surface area contributed by atoms with Crippen LogP contribution in [0.2, 0.25) is 0 Å². The number of rotatable bonds is 8. The van der Waals surface area contributed by atoms with Crippen LogP contribution in [0.5, 0.6) is 11.5 Å². The minimum atomic E-state index is -0.256. The van der Waals surface area contributed by atoms with Gasteiger partial charge in [0, 0.05) is 23.4 Å². The zero-order valence-corrected chi connectivity index (χ0v) is 20.8. The third-order valence-corrected chi connectivity index (χ3v) is 6.17. The lowest BCUT2D eigenvalue weighted by Gasteiger charge is -2.12. The fourth-order valence-corrected chi connectivity index (χ4v) is 4.20. The number of nitrogens with zero attached hydrogens (tertiary/aromatic N) is 3. The first-order valence-corrected chi connectivity index (χ1v) is 11.7. The molecule has 2 aromatic heterocycles. The number of hydrogen-bond acceptors (Lipinski definition) is 6. The van der Waals surface area contributed by atoms with Crippen LogP contribution in [0.25, 0.3) is 28.1 Å². The van der Waals surface area contributed by atoms with Gasteiger partial charge in [-0.2, -0.15) is 0 Å². The second-order valence-electron chi connectivity index (χ2n) is 8.38. The molecule has 8 heteroatoms. The molecule has 0 radical (unpaired) electrons. The number of aryl methyl sites for hydroxylation is 1. The van der Waals surface area contributed by atoms with Crippen LogP contribution in [0.3, 0.4) is 0 Å². The van der Waals surface area contributed by atoms with Crippen molar-refractivity contribution in [1.82, 2.24) is 20.0 Å². The quantitative estimate of drug-likeness (QED) is 0.308. The summed E-state index contributed by atoms with van der Waals surface area (Å²) in [5.74, 6) is 1.71. The van der Waals surface area contributed by atoms with Gasteiger partial charge in [-0.1, -0.05) is 53.7 Å². The molecule has 1 amide bonds. The Morgan fingerprint density at radius 3 is 2.46 bits per heavy atom. The second-order valence-corrected chi connectivity index (χ2v) is 8.38. The summed E-state index contributed by atoms with van der Waals surface area (Å²) in [6, 6.07) is 23.4. The van der Waals surface area contributed by atoms with Crippen LogP contribution in [0.4, 0.5) is 0 Å². The third kappa shape index (κ3) is 4.81. The molecule has 1 N–H and O–H groups in total. The summed E-state index contributed by atoms with van der Waals surface area (Å²) in [4.78, 5) is 17.4. The van der Waals surface area contributed by atoms with Crippen LogP contribution in [-0.4, -0.2) is 34.8 Å². The summed E-state index contributed by atoms with van der Waals surface area (Å²) >= 11 is 0. The van der Waals surface area contributed by atoms with Crippen molar-refractivity contribution in [2.45, 2.75) is 13.5 Å². The molecule has 0 bridgehead atoms. The van der Waals surface area contributed by atoms with Gasteiger partial charge in [0.1, 0.15) is 17.1 Å². The Hall–Kier alpha value is -4.85. The molecule has 0 unspecified atom stereocenters. The van der Waals surface area contributed by atoms with Crippen molar-refractivity contribution < 1.29 is 18.8 Å². The highest BCUT2D eigenvalue weighted by Crippen LogP contribution is 2.33. The van der Waals surface area contributed by atoms with Gasteiger partial charge in [-0.25, -0.2) is 4.98 Å². The predicted octanol–water partition coefficient (Wildman–Crippen LogP) is 5.45. The van der Waals surface area contributed by atoms with Gasteiger partial charge in [0.2, 0.25) is 0 Å². The lowest BCUT2D eigenvalue weighted by Crippen LogP contribution is -2.25. The summed E-state index contributed by atoms with van der Waals surface area (Å²) in [7, 11) is 3.22. The van der Waals surface area contributed by atoms with Crippen molar-refractivity contribution in [3.8, 4) is 39.6 Å². The van der Waals surface area contributed by atoms with E-state index >= 15 is 0 Å². The van der Waals surface area contributed by atoms with Gasteiger partial charge in [-0.15, -0.1) is 0 Å². The molecular formula is C29H26N4O4. The maximum absolute atomic E-state index is 13.2. The Morgan fingerprint density at radius 1 is 0.919 bits per heavy atom. The third-order valence-electron chi connectivity index (χ3n) is 6.17. The molecule has 37 heavy (non-hydrogen) atoms. The molecule has 3 aromatic carbocycles. The molecule has 0 spiro atoms. The average Bonchev–Trinajstić information content (AvgIpc) is 3.59. The van der Waals surface area contributed by atoms with E-state index in [9.17, 15) is 4.79 Å². The molecular weight excluding hydrogens is 468 g/mol. The monoisotopic (exact) mass is 494 g/mol. The van der Waals surface area contributed by atoms with Crippen LogP contribution in [-0.2, 0) is 6.54 Å². The molecule has 2 heterocycles. The Labute approximate surface area is 214 Å². The van der Waals surface area contributed by atoms with Crippen molar-refractivity contribution in [2.75, 3.05) is 14.2 Å². The van der Waals surface area contributed by atoms with Gasteiger partial charge in [-0.05, 0) is 42.3 Å². The number of nitrogens with one attached hydrogen (secondary N) is 1. The number of carbonyl (C=O) groups excluding carboxylic acids is 1. The summed E-state index contributed by atoms with van der Waals surface area (Å²) in [5.41, 5.74) is 5.63. The van der Waals surface area contributed by atoms with Crippen LogP contribution in [0.15, 0.2) is 89.8 Å². The van der Waals surface area contributed by atoms with Crippen LogP contribution in [0, 0.1) is 6.92 Å². The number of ether oxygens (including phenoxy) is 2. The molecule has 186 valence electrons. The molecule has 0 fully saturated rings. The van der Waals surface area contributed by atoms with E-state index in [4.69, 9.17) is 14.0 Å². The van der Waals surface area contributed by atoms with Crippen LogP contribution < -0.4 is 14.8 Å². The number of aromatic nitrogens is 3. The topological polar surface area (TPSA) is 91.4 Å². The Balaban J connectivity index is 1.38. The summed E-state index contributed by atoms with van der Waals surface area (Å²) in [5, 5.41) is 7.19. The van der Waals surface area contributed by atoms with Gasteiger partial charge < -0.3 is 19.3 Å². The standard InChI is InChI=1S/C29H26N4O4/c1-19-24(28(32-37-19)20-8-5-4-6-9-20)16-31-29(34)25-17-30-18-33(25)23-11-7-10-21(14-23)22-12-13-26(35-2)27(15-22)36-3/h4-15,17-18H,16H2,1-3H3,(H,31,34). The van der Waals surface area contributed by atoms with Crippen molar-refractivity contribution in [3.63, 3.8) is 0 Å². The molecule has 0 aliphatic rings. The van der Waals surface area contributed by atoms with E-state index in [2.05, 4.69) is 15.5 Å². The van der Waals surface area contributed by atoms with Crippen LogP contribution in [0.1, 0.15) is 21.8 Å². The molecule has 5 aromatic rings. The second kappa shape index (κ2) is 10.4.